The Labute approximate surface area is 117 Å². The third-order valence-electron chi connectivity index (χ3n) is 2.64. The summed E-state index contributed by atoms with van der Waals surface area (Å²) in [5.74, 6) is 0.597. The zero-order valence-electron chi connectivity index (χ0n) is 11.0. The van der Waals surface area contributed by atoms with Crippen molar-refractivity contribution in [2.24, 2.45) is 0 Å². The lowest BCUT2D eigenvalue weighted by molar-refractivity contribution is 0.408. The van der Waals surface area contributed by atoms with Crippen LogP contribution in [0.3, 0.4) is 0 Å². The standard InChI is InChI=1S/C11H19BrN2O3S/c1-5-13-7-9-6-10(11(12)17-9)18(15,16)14(4)8(2)3/h6,8,13H,5,7H2,1-4H3. The van der Waals surface area contributed by atoms with Gasteiger partial charge in [0.15, 0.2) is 4.67 Å². The Kier molecular flexibility index (Phi) is 5.39. The Morgan fingerprint density at radius 1 is 1.50 bits per heavy atom. The van der Waals surface area contributed by atoms with E-state index in [1.54, 1.807) is 13.1 Å². The van der Waals surface area contributed by atoms with E-state index in [0.29, 0.717) is 12.3 Å². The molecule has 0 amide bonds. The van der Waals surface area contributed by atoms with Gasteiger partial charge < -0.3 is 9.73 Å². The van der Waals surface area contributed by atoms with Crippen LogP contribution in [0.5, 0.6) is 0 Å². The number of hydrogen-bond donors (Lipinski definition) is 1. The summed E-state index contributed by atoms with van der Waals surface area (Å²) in [6.45, 7) is 6.93. The van der Waals surface area contributed by atoms with E-state index >= 15 is 0 Å². The van der Waals surface area contributed by atoms with Crippen molar-refractivity contribution in [3.8, 4) is 0 Å². The van der Waals surface area contributed by atoms with E-state index in [-0.39, 0.29) is 15.6 Å². The fourth-order valence-electron chi connectivity index (χ4n) is 1.34. The first-order valence-corrected chi connectivity index (χ1v) is 8.01. The van der Waals surface area contributed by atoms with Crippen molar-refractivity contribution >= 4 is 26.0 Å². The van der Waals surface area contributed by atoms with E-state index in [2.05, 4.69) is 21.2 Å². The maximum atomic E-state index is 12.3. The first-order chi connectivity index (χ1) is 8.30. The smallest absolute Gasteiger partial charge is 0.247 e. The molecule has 0 radical (unpaired) electrons. The Hall–Kier alpha value is -0.370. The van der Waals surface area contributed by atoms with Crippen LogP contribution in [-0.2, 0) is 16.6 Å². The molecule has 0 saturated heterocycles. The summed E-state index contributed by atoms with van der Waals surface area (Å²) in [6.07, 6.45) is 0. The molecule has 0 aromatic carbocycles. The lowest BCUT2D eigenvalue weighted by Gasteiger charge is -2.19. The van der Waals surface area contributed by atoms with Gasteiger partial charge in [-0.1, -0.05) is 6.92 Å². The average Bonchev–Trinajstić information content (AvgIpc) is 2.67. The summed E-state index contributed by atoms with van der Waals surface area (Å²) in [6, 6.07) is 1.45. The number of nitrogens with zero attached hydrogens (tertiary/aromatic N) is 1. The zero-order valence-corrected chi connectivity index (χ0v) is 13.4. The summed E-state index contributed by atoms with van der Waals surface area (Å²) in [5.41, 5.74) is 0. The van der Waals surface area contributed by atoms with Crippen molar-refractivity contribution in [2.75, 3.05) is 13.6 Å². The molecule has 0 unspecified atom stereocenters. The number of halogens is 1. The molecule has 0 spiro atoms. The van der Waals surface area contributed by atoms with Crippen LogP contribution in [0.2, 0.25) is 0 Å². The van der Waals surface area contributed by atoms with E-state index in [1.165, 1.54) is 4.31 Å². The van der Waals surface area contributed by atoms with Crippen LogP contribution in [0.15, 0.2) is 20.0 Å². The minimum absolute atomic E-state index is 0.103. The number of hydrogen-bond acceptors (Lipinski definition) is 4. The normalized spacial score (nSPS) is 12.6. The van der Waals surface area contributed by atoms with Gasteiger partial charge in [-0.25, -0.2) is 8.42 Å². The molecule has 1 aromatic rings. The lowest BCUT2D eigenvalue weighted by Crippen LogP contribution is -2.33. The van der Waals surface area contributed by atoms with Crippen LogP contribution in [0.25, 0.3) is 0 Å². The van der Waals surface area contributed by atoms with E-state index in [1.807, 2.05) is 20.8 Å². The van der Waals surface area contributed by atoms with Gasteiger partial charge in [0.1, 0.15) is 10.7 Å². The zero-order chi connectivity index (χ0) is 13.9. The molecular weight excluding hydrogens is 320 g/mol. The first-order valence-electron chi connectivity index (χ1n) is 5.77. The molecule has 0 aliphatic carbocycles. The molecule has 0 aliphatic heterocycles. The van der Waals surface area contributed by atoms with E-state index in [0.717, 1.165) is 6.54 Å². The van der Waals surface area contributed by atoms with E-state index in [4.69, 9.17) is 4.42 Å². The summed E-state index contributed by atoms with van der Waals surface area (Å²) < 4.78 is 31.5. The molecule has 1 aromatic heterocycles. The first kappa shape index (κ1) is 15.7. The second-order valence-corrected chi connectivity index (χ2v) is 6.93. The SMILES string of the molecule is CCNCc1cc(S(=O)(=O)N(C)C(C)C)c(Br)o1. The molecular formula is C11H19BrN2O3S. The van der Waals surface area contributed by atoms with Gasteiger partial charge in [0, 0.05) is 19.2 Å². The van der Waals surface area contributed by atoms with Crippen LogP contribution in [0, 0.1) is 0 Å². The molecule has 0 saturated carbocycles. The quantitative estimate of drug-likeness (QED) is 0.863. The highest BCUT2D eigenvalue weighted by Gasteiger charge is 2.28. The fraction of sp³-hybridized carbons (Fsp3) is 0.636. The third kappa shape index (κ3) is 3.34. The van der Waals surface area contributed by atoms with Crippen LogP contribution in [-0.4, -0.2) is 32.4 Å². The summed E-state index contributed by atoms with van der Waals surface area (Å²) in [7, 11) is -1.95. The number of furan rings is 1. The molecule has 0 fully saturated rings. The maximum Gasteiger partial charge on any atom is 0.247 e. The maximum absolute atomic E-state index is 12.3. The summed E-state index contributed by atoms with van der Waals surface area (Å²) in [4.78, 5) is 0.173. The highest BCUT2D eigenvalue weighted by Crippen LogP contribution is 2.28. The average molecular weight is 339 g/mol. The topological polar surface area (TPSA) is 62.6 Å². The number of nitrogens with one attached hydrogen (secondary N) is 1. The largest absolute Gasteiger partial charge is 0.452 e. The van der Waals surface area contributed by atoms with Crippen molar-refractivity contribution in [1.29, 1.82) is 0 Å². The van der Waals surface area contributed by atoms with Gasteiger partial charge >= 0.3 is 0 Å². The second-order valence-electron chi connectivity index (χ2n) is 4.25. The van der Waals surface area contributed by atoms with E-state index in [9.17, 15) is 8.42 Å². The summed E-state index contributed by atoms with van der Waals surface area (Å²) in [5, 5.41) is 3.09. The Bertz CT molecular complexity index is 496. The van der Waals surface area contributed by atoms with Crippen LogP contribution < -0.4 is 5.32 Å². The molecule has 104 valence electrons. The Balaban J connectivity index is 3.06. The minimum Gasteiger partial charge on any atom is -0.452 e. The molecule has 0 aliphatic rings. The van der Waals surface area contributed by atoms with Gasteiger partial charge in [-0.3, -0.25) is 0 Å². The molecule has 0 atom stereocenters. The van der Waals surface area contributed by atoms with Gasteiger partial charge in [0.05, 0.1) is 6.54 Å². The molecule has 1 rings (SSSR count). The molecule has 18 heavy (non-hydrogen) atoms. The predicted octanol–water partition coefficient (Wildman–Crippen LogP) is 2.18. The highest BCUT2D eigenvalue weighted by atomic mass is 79.9. The molecule has 1 N–H and O–H groups in total. The Morgan fingerprint density at radius 2 is 2.11 bits per heavy atom. The van der Waals surface area contributed by atoms with Crippen molar-refractivity contribution < 1.29 is 12.8 Å². The second kappa shape index (κ2) is 6.18. The van der Waals surface area contributed by atoms with Crippen LogP contribution >= 0.6 is 15.9 Å². The lowest BCUT2D eigenvalue weighted by atomic mass is 10.4. The molecule has 1 heterocycles. The molecule has 7 heteroatoms. The molecule has 5 nitrogen and oxygen atoms in total. The minimum atomic E-state index is -3.51. The van der Waals surface area contributed by atoms with Crippen molar-refractivity contribution in [3.05, 3.63) is 16.5 Å². The Morgan fingerprint density at radius 3 is 2.61 bits per heavy atom. The predicted molar refractivity (Wildman–Crippen MR) is 73.9 cm³/mol. The van der Waals surface area contributed by atoms with Crippen molar-refractivity contribution in [1.82, 2.24) is 9.62 Å². The highest BCUT2D eigenvalue weighted by molar-refractivity contribution is 9.10. The number of sulfonamides is 1. The monoisotopic (exact) mass is 338 g/mol. The van der Waals surface area contributed by atoms with Crippen LogP contribution in [0.4, 0.5) is 0 Å². The van der Waals surface area contributed by atoms with Gasteiger partial charge in [-0.15, -0.1) is 0 Å². The van der Waals surface area contributed by atoms with Gasteiger partial charge in [0.25, 0.3) is 0 Å². The van der Waals surface area contributed by atoms with Crippen LogP contribution in [0.1, 0.15) is 26.5 Å². The molecule has 0 bridgehead atoms. The van der Waals surface area contributed by atoms with Gasteiger partial charge in [-0.2, -0.15) is 4.31 Å². The van der Waals surface area contributed by atoms with Gasteiger partial charge in [0.2, 0.25) is 10.0 Å². The fourth-order valence-corrected chi connectivity index (χ4v) is 3.67. The summed E-state index contributed by atoms with van der Waals surface area (Å²) >= 11 is 3.16. The number of rotatable bonds is 6. The van der Waals surface area contributed by atoms with Gasteiger partial charge in [-0.05, 0) is 36.3 Å². The third-order valence-corrected chi connectivity index (χ3v) is 5.53. The van der Waals surface area contributed by atoms with E-state index < -0.39 is 10.0 Å². The van der Waals surface area contributed by atoms with Crippen molar-refractivity contribution in [2.45, 2.75) is 38.3 Å². The van der Waals surface area contributed by atoms with Crippen molar-refractivity contribution in [3.63, 3.8) is 0 Å².